The van der Waals surface area contributed by atoms with Gasteiger partial charge in [0.2, 0.25) is 5.91 Å². The highest BCUT2D eigenvalue weighted by Gasteiger charge is 2.29. The van der Waals surface area contributed by atoms with E-state index in [1.807, 2.05) is 43.3 Å². The molecule has 0 unspecified atom stereocenters. The first-order valence-electron chi connectivity index (χ1n) is 7.41. The first kappa shape index (κ1) is 13.0. The average molecular weight is 290 g/mol. The van der Waals surface area contributed by atoms with Crippen molar-refractivity contribution in [3.63, 3.8) is 0 Å². The van der Waals surface area contributed by atoms with E-state index in [1.165, 1.54) is 4.68 Å². The summed E-state index contributed by atoms with van der Waals surface area (Å²) in [5.74, 6) is -0.0427. The minimum Gasteiger partial charge on any atom is -0.289 e. The van der Waals surface area contributed by atoms with E-state index in [0.29, 0.717) is 23.1 Å². The van der Waals surface area contributed by atoms with E-state index >= 15 is 0 Å². The molecule has 1 aliphatic rings. The fraction of sp³-hybridized carbons (Fsp3) is 0.167. The second-order valence-electron chi connectivity index (χ2n) is 5.48. The maximum Gasteiger partial charge on any atom is 0.247 e. The van der Waals surface area contributed by atoms with Gasteiger partial charge < -0.3 is 0 Å². The van der Waals surface area contributed by atoms with Crippen molar-refractivity contribution in [3.05, 3.63) is 53.6 Å². The Kier molecular flexibility index (Phi) is 2.73. The van der Waals surface area contributed by atoms with Crippen molar-refractivity contribution < 1.29 is 9.59 Å². The molecule has 0 amide bonds. The van der Waals surface area contributed by atoms with Gasteiger partial charge in [-0.2, -0.15) is 9.78 Å². The maximum absolute atomic E-state index is 12.7. The molecule has 2 aromatic carbocycles. The second-order valence-corrected chi connectivity index (χ2v) is 5.48. The van der Waals surface area contributed by atoms with Gasteiger partial charge in [-0.15, -0.1) is 0 Å². The van der Waals surface area contributed by atoms with Crippen molar-refractivity contribution in [1.29, 1.82) is 0 Å². The normalized spacial score (nSPS) is 12.5. The molecule has 0 saturated carbocycles. The number of carbonyl (C=O) groups is 2. The van der Waals surface area contributed by atoms with Gasteiger partial charge in [0.15, 0.2) is 5.78 Å². The third-order valence-corrected chi connectivity index (χ3v) is 4.08. The monoisotopic (exact) mass is 290 g/mol. The fourth-order valence-corrected chi connectivity index (χ4v) is 3.09. The number of ketones is 1. The van der Waals surface area contributed by atoms with Gasteiger partial charge >= 0.3 is 0 Å². The van der Waals surface area contributed by atoms with Crippen LogP contribution in [0.25, 0.3) is 22.2 Å². The molecule has 108 valence electrons. The molecule has 4 heteroatoms. The Morgan fingerprint density at radius 3 is 2.55 bits per heavy atom. The van der Waals surface area contributed by atoms with Crippen molar-refractivity contribution in [2.24, 2.45) is 0 Å². The molecule has 0 radical (unpaired) electrons. The Labute approximate surface area is 127 Å². The van der Waals surface area contributed by atoms with Crippen LogP contribution in [0.3, 0.4) is 0 Å². The highest BCUT2D eigenvalue weighted by molar-refractivity contribution is 6.25. The number of rotatable bonds is 2. The molecule has 1 aliphatic carbocycles. The molecule has 0 N–H and O–H groups in total. The van der Waals surface area contributed by atoms with Crippen molar-refractivity contribution in [1.82, 2.24) is 9.78 Å². The van der Waals surface area contributed by atoms with Crippen molar-refractivity contribution in [2.75, 3.05) is 0 Å². The summed E-state index contributed by atoms with van der Waals surface area (Å²) in [6.07, 6.45) is 1.21. The Bertz CT molecular complexity index is 937. The zero-order valence-corrected chi connectivity index (χ0v) is 12.2. The van der Waals surface area contributed by atoms with E-state index in [2.05, 4.69) is 5.10 Å². The molecular weight excluding hydrogens is 276 g/mol. The van der Waals surface area contributed by atoms with Gasteiger partial charge in [-0.25, -0.2) is 0 Å². The van der Waals surface area contributed by atoms with Crippen LogP contribution in [0.2, 0.25) is 0 Å². The summed E-state index contributed by atoms with van der Waals surface area (Å²) >= 11 is 0. The lowest BCUT2D eigenvalue weighted by Gasteiger charge is -2.13. The lowest BCUT2D eigenvalue weighted by Crippen LogP contribution is -2.11. The van der Waals surface area contributed by atoms with Crippen LogP contribution in [0.15, 0.2) is 42.5 Å². The number of fused-ring (bicyclic) bond motifs is 2. The second kappa shape index (κ2) is 4.63. The number of benzene rings is 2. The van der Waals surface area contributed by atoms with Crippen LogP contribution >= 0.6 is 0 Å². The molecule has 4 rings (SSSR count). The topological polar surface area (TPSA) is 52.0 Å². The Balaban J connectivity index is 2.10. The summed E-state index contributed by atoms with van der Waals surface area (Å²) in [4.78, 5) is 25.0. The Morgan fingerprint density at radius 1 is 1.05 bits per heavy atom. The third kappa shape index (κ3) is 1.61. The van der Waals surface area contributed by atoms with E-state index in [-0.39, 0.29) is 11.7 Å². The lowest BCUT2D eigenvalue weighted by atomic mass is 9.87. The Morgan fingerprint density at radius 2 is 1.77 bits per heavy atom. The zero-order valence-electron chi connectivity index (χ0n) is 12.2. The molecule has 0 fully saturated rings. The molecule has 22 heavy (non-hydrogen) atoms. The van der Waals surface area contributed by atoms with Crippen LogP contribution in [0.1, 0.15) is 40.5 Å². The highest BCUT2D eigenvalue weighted by Crippen LogP contribution is 2.38. The summed E-state index contributed by atoms with van der Waals surface area (Å²) in [5.41, 5.74) is 3.52. The van der Waals surface area contributed by atoms with E-state index in [0.717, 1.165) is 23.1 Å². The fourth-order valence-electron chi connectivity index (χ4n) is 3.09. The van der Waals surface area contributed by atoms with Crippen LogP contribution in [-0.2, 0) is 0 Å². The largest absolute Gasteiger partial charge is 0.289 e. The van der Waals surface area contributed by atoms with Crippen LogP contribution in [0.5, 0.6) is 0 Å². The summed E-state index contributed by atoms with van der Waals surface area (Å²) in [6, 6.07) is 12.9. The van der Waals surface area contributed by atoms with Crippen molar-refractivity contribution in [2.45, 2.75) is 19.8 Å². The molecule has 0 atom stereocenters. The SMILES string of the molecule is CCCC(=O)n1nc2c3c(cccc31)C(=O)c1ccccc1-2. The summed E-state index contributed by atoms with van der Waals surface area (Å²) < 4.78 is 1.45. The molecule has 0 spiro atoms. The third-order valence-electron chi connectivity index (χ3n) is 4.08. The number of nitrogens with zero attached hydrogens (tertiary/aromatic N) is 2. The van der Waals surface area contributed by atoms with E-state index in [4.69, 9.17) is 0 Å². The Hall–Kier alpha value is -2.75. The summed E-state index contributed by atoms with van der Waals surface area (Å²) in [5, 5.41) is 5.32. The molecule has 0 saturated heterocycles. The standard InChI is InChI=1S/C18H14N2O2/c1-2-6-15(21)20-14-10-5-9-13-16(14)17(19-20)11-7-3-4-8-12(11)18(13)22/h3-5,7-10H,2,6H2,1H3. The van der Waals surface area contributed by atoms with Gasteiger partial charge in [-0.3, -0.25) is 9.59 Å². The van der Waals surface area contributed by atoms with Gasteiger partial charge in [0, 0.05) is 28.5 Å². The summed E-state index contributed by atoms with van der Waals surface area (Å²) in [7, 11) is 0. The van der Waals surface area contributed by atoms with Gasteiger partial charge in [0.05, 0.1) is 5.52 Å². The predicted molar refractivity (Wildman–Crippen MR) is 84.1 cm³/mol. The maximum atomic E-state index is 12.7. The van der Waals surface area contributed by atoms with Crippen molar-refractivity contribution in [3.8, 4) is 11.3 Å². The average Bonchev–Trinajstić information content (AvgIpc) is 2.94. The molecule has 1 aromatic heterocycles. The van der Waals surface area contributed by atoms with E-state index in [9.17, 15) is 9.59 Å². The first-order valence-corrected chi connectivity index (χ1v) is 7.41. The van der Waals surface area contributed by atoms with Gasteiger partial charge in [-0.1, -0.05) is 43.3 Å². The molecule has 3 aromatic rings. The summed E-state index contributed by atoms with van der Waals surface area (Å²) in [6.45, 7) is 1.97. The van der Waals surface area contributed by atoms with Crippen LogP contribution in [-0.4, -0.2) is 21.5 Å². The number of carbonyl (C=O) groups excluding carboxylic acids is 2. The number of hydrogen-bond donors (Lipinski definition) is 0. The van der Waals surface area contributed by atoms with E-state index in [1.54, 1.807) is 6.07 Å². The molecule has 0 aliphatic heterocycles. The molecular formula is C18H14N2O2. The van der Waals surface area contributed by atoms with Gasteiger partial charge in [0.1, 0.15) is 5.69 Å². The minimum absolute atomic E-state index is 0.00353. The quantitative estimate of drug-likeness (QED) is 0.566. The van der Waals surface area contributed by atoms with Crippen LogP contribution in [0, 0.1) is 0 Å². The van der Waals surface area contributed by atoms with Crippen LogP contribution in [0.4, 0.5) is 0 Å². The zero-order chi connectivity index (χ0) is 15.3. The van der Waals surface area contributed by atoms with E-state index < -0.39 is 0 Å². The predicted octanol–water partition coefficient (Wildman–Crippen LogP) is 3.69. The number of aromatic nitrogens is 2. The molecule has 1 heterocycles. The van der Waals surface area contributed by atoms with Crippen LogP contribution < -0.4 is 0 Å². The van der Waals surface area contributed by atoms with Gasteiger partial charge in [0.25, 0.3) is 0 Å². The molecule has 0 bridgehead atoms. The first-order chi connectivity index (χ1) is 10.7. The smallest absolute Gasteiger partial charge is 0.247 e. The van der Waals surface area contributed by atoms with Crippen molar-refractivity contribution >= 4 is 22.6 Å². The lowest BCUT2D eigenvalue weighted by molar-refractivity contribution is 0.0891. The minimum atomic E-state index is -0.0391. The van der Waals surface area contributed by atoms with Gasteiger partial charge in [-0.05, 0) is 12.5 Å². The molecule has 4 nitrogen and oxygen atoms in total. The number of hydrogen-bond acceptors (Lipinski definition) is 3. The highest BCUT2D eigenvalue weighted by atomic mass is 16.2.